The zero-order valence-corrected chi connectivity index (χ0v) is 12.3. The Balaban J connectivity index is 1.91. The number of imidazole rings is 1. The van der Waals surface area contributed by atoms with Crippen molar-refractivity contribution in [3.8, 4) is 6.07 Å². The second-order valence-electron chi connectivity index (χ2n) is 5.73. The summed E-state index contributed by atoms with van der Waals surface area (Å²) >= 11 is 0. The molecule has 0 saturated carbocycles. The van der Waals surface area contributed by atoms with Gasteiger partial charge in [0.2, 0.25) is 5.91 Å². The van der Waals surface area contributed by atoms with Gasteiger partial charge in [0.1, 0.15) is 5.82 Å². The molecule has 1 amide bonds. The van der Waals surface area contributed by atoms with Crippen LogP contribution < -0.4 is 0 Å². The molecule has 0 N–H and O–H groups in total. The number of hydrogen-bond donors (Lipinski definition) is 0. The van der Waals surface area contributed by atoms with Crippen molar-refractivity contribution in [1.82, 2.24) is 14.5 Å². The second kappa shape index (κ2) is 6.08. The normalized spacial score (nSPS) is 22.6. The molecule has 1 atom stereocenters. The molecule has 1 fully saturated rings. The average molecular weight is 274 g/mol. The topological polar surface area (TPSA) is 61.9 Å². The molecule has 2 heterocycles. The molecule has 20 heavy (non-hydrogen) atoms. The van der Waals surface area contributed by atoms with E-state index < -0.39 is 0 Å². The summed E-state index contributed by atoms with van der Waals surface area (Å²) in [5, 5.41) is 9.20. The molecule has 5 nitrogen and oxygen atoms in total. The first-order valence-corrected chi connectivity index (χ1v) is 7.27. The zero-order chi connectivity index (χ0) is 14.6. The van der Waals surface area contributed by atoms with Gasteiger partial charge in [-0.3, -0.25) is 4.79 Å². The Morgan fingerprint density at radius 1 is 1.60 bits per heavy atom. The van der Waals surface area contributed by atoms with E-state index in [1.807, 2.05) is 22.6 Å². The van der Waals surface area contributed by atoms with Gasteiger partial charge in [-0.2, -0.15) is 5.26 Å². The standard InChI is InChI=1S/C15H22N4O/c1-3-13-17-7-10-18(13)9-5-14(20)19-8-4-6-15(2,11-16)12-19/h7,10H,3-6,8-9,12H2,1-2H3/t15-/m1/s1. The molecule has 0 spiro atoms. The Morgan fingerprint density at radius 3 is 3.10 bits per heavy atom. The quantitative estimate of drug-likeness (QED) is 0.843. The maximum Gasteiger partial charge on any atom is 0.224 e. The van der Waals surface area contributed by atoms with Crippen LogP contribution in [0.3, 0.4) is 0 Å². The maximum absolute atomic E-state index is 12.3. The van der Waals surface area contributed by atoms with Crippen molar-refractivity contribution in [3.05, 3.63) is 18.2 Å². The monoisotopic (exact) mass is 274 g/mol. The van der Waals surface area contributed by atoms with Gasteiger partial charge in [-0.15, -0.1) is 0 Å². The number of aromatic nitrogens is 2. The van der Waals surface area contributed by atoms with Crippen LogP contribution in [0.5, 0.6) is 0 Å². The third-order valence-electron chi connectivity index (χ3n) is 4.00. The largest absolute Gasteiger partial charge is 0.341 e. The van der Waals surface area contributed by atoms with E-state index in [1.54, 1.807) is 6.20 Å². The van der Waals surface area contributed by atoms with Crippen LogP contribution in [0, 0.1) is 16.7 Å². The maximum atomic E-state index is 12.3. The number of hydrogen-bond acceptors (Lipinski definition) is 3. The first kappa shape index (κ1) is 14.6. The molecule has 1 saturated heterocycles. The minimum absolute atomic E-state index is 0.141. The molecule has 1 aliphatic rings. The van der Waals surface area contributed by atoms with E-state index in [9.17, 15) is 10.1 Å². The molecule has 0 radical (unpaired) electrons. The van der Waals surface area contributed by atoms with Crippen molar-refractivity contribution in [1.29, 1.82) is 5.26 Å². The van der Waals surface area contributed by atoms with Crippen molar-refractivity contribution in [2.24, 2.45) is 5.41 Å². The van der Waals surface area contributed by atoms with Gasteiger partial charge < -0.3 is 9.47 Å². The lowest BCUT2D eigenvalue weighted by molar-refractivity contribution is -0.133. The first-order chi connectivity index (χ1) is 9.58. The molecule has 0 bridgehead atoms. The SMILES string of the molecule is CCc1nccn1CCC(=O)N1CCC[C@](C)(C#N)C1. The fourth-order valence-electron chi connectivity index (χ4n) is 2.78. The van der Waals surface area contributed by atoms with Gasteiger partial charge in [-0.05, 0) is 19.8 Å². The molecule has 108 valence electrons. The smallest absolute Gasteiger partial charge is 0.224 e. The number of amides is 1. The molecule has 5 heteroatoms. The highest BCUT2D eigenvalue weighted by atomic mass is 16.2. The Bertz CT molecular complexity index is 516. The van der Waals surface area contributed by atoms with Crippen LogP contribution in [0.25, 0.3) is 0 Å². The molecule has 0 aliphatic carbocycles. The van der Waals surface area contributed by atoms with Crippen molar-refractivity contribution < 1.29 is 4.79 Å². The molecular weight excluding hydrogens is 252 g/mol. The molecule has 2 rings (SSSR count). The van der Waals surface area contributed by atoms with Crippen molar-refractivity contribution >= 4 is 5.91 Å². The predicted molar refractivity (Wildman–Crippen MR) is 75.8 cm³/mol. The molecule has 1 aromatic heterocycles. The van der Waals surface area contributed by atoms with Crippen LogP contribution in [0.2, 0.25) is 0 Å². The van der Waals surface area contributed by atoms with Crippen LogP contribution in [-0.4, -0.2) is 33.4 Å². The minimum Gasteiger partial charge on any atom is -0.341 e. The van der Waals surface area contributed by atoms with Gasteiger partial charge in [0, 0.05) is 44.9 Å². The molecule has 1 aromatic rings. The summed E-state index contributed by atoms with van der Waals surface area (Å²) in [6, 6.07) is 2.34. The van der Waals surface area contributed by atoms with Crippen LogP contribution in [0.1, 0.15) is 38.9 Å². The van der Waals surface area contributed by atoms with Crippen LogP contribution in [0.15, 0.2) is 12.4 Å². The second-order valence-corrected chi connectivity index (χ2v) is 5.73. The highest BCUT2D eigenvalue weighted by Gasteiger charge is 2.32. The fourth-order valence-corrected chi connectivity index (χ4v) is 2.78. The number of nitriles is 1. The molecule has 1 aliphatic heterocycles. The number of rotatable bonds is 4. The fraction of sp³-hybridized carbons (Fsp3) is 0.667. The first-order valence-electron chi connectivity index (χ1n) is 7.27. The minimum atomic E-state index is -0.377. The summed E-state index contributed by atoms with van der Waals surface area (Å²) in [6.07, 6.45) is 6.84. The summed E-state index contributed by atoms with van der Waals surface area (Å²) in [4.78, 5) is 18.4. The van der Waals surface area contributed by atoms with Crippen LogP contribution in [-0.2, 0) is 17.8 Å². The Labute approximate surface area is 120 Å². The Hall–Kier alpha value is -1.83. The third kappa shape index (κ3) is 3.19. The third-order valence-corrected chi connectivity index (χ3v) is 4.00. The number of nitrogens with zero attached hydrogens (tertiary/aromatic N) is 4. The summed E-state index contributed by atoms with van der Waals surface area (Å²) in [5.74, 6) is 1.15. The Kier molecular flexibility index (Phi) is 4.43. The number of aryl methyl sites for hydroxylation is 2. The molecule has 0 unspecified atom stereocenters. The molecule has 0 aromatic carbocycles. The van der Waals surface area contributed by atoms with E-state index in [-0.39, 0.29) is 11.3 Å². The van der Waals surface area contributed by atoms with Gasteiger partial charge in [0.15, 0.2) is 0 Å². The lowest BCUT2D eigenvalue weighted by atomic mass is 9.83. The summed E-state index contributed by atoms with van der Waals surface area (Å²) in [6.45, 7) is 6.01. The predicted octanol–water partition coefficient (Wildman–Crippen LogP) is 1.99. The van der Waals surface area contributed by atoms with E-state index in [4.69, 9.17) is 0 Å². The zero-order valence-electron chi connectivity index (χ0n) is 12.3. The number of likely N-dealkylation sites (tertiary alicyclic amines) is 1. The number of piperidine rings is 1. The summed E-state index contributed by atoms with van der Waals surface area (Å²) < 4.78 is 2.03. The van der Waals surface area contributed by atoms with Gasteiger partial charge in [-0.1, -0.05) is 6.92 Å². The van der Waals surface area contributed by atoms with Crippen molar-refractivity contribution in [3.63, 3.8) is 0 Å². The van der Waals surface area contributed by atoms with Gasteiger partial charge >= 0.3 is 0 Å². The average Bonchev–Trinajstić information content (AvgIpc) is 2.92. The van der Waals surface area contributed by atoms with E-state index in [2.05, 4.69) is 18.0 Å². The van der Waals surface area contributed by atoms with Crippen LogP contribution in [0.4, 0.5) is 0 Å². The van der Waals surface area contributed by atoms with Crippen molar-refractivity contribution in [2.75, 3.05) is 13.1 Å². The van der Waals surface area contributed by atoms with Crippen LogP contribution >= 0.6 is 0 Å². The van der Waals surface area contributed by atoms with Gasteiger partial charge in [-0.25, -0.2) is 4.98 Å². The van der Waals surface area contributed by atoms with Gasteiger partial charge in [0.05, 0.1) is 11.5 Å². The summed E-state index contributed by atoms with van der Waals surface area (Å²) in [5.41, 5.74) is -0.377. The molecular formula is C15H22N4O. The lowest BCUT2D eigenvalue weighted by Crippen LogP contribution is -2.44. The Morgan fingerprint density at radius 2 is 2.40 bits per heavy atom. The highest BCUT2D eigenvalue weighted by molar-refractivity contribution is 5.76. The highest BCUT2D eigenvalue weighted by Crippen LogP contribution is 2.28. The number of carbonyl (C=O) groups is 1. The number of carbonyl (C=O) groups excluding carboxylic acids is 1. The van der Waals surface area contributed by atoms with Crippen molar-refractivity contribution in [2.45, 2.75) is 46.1 Å². The van der Waals surface area contributed by atoms with E-state index in [1.165, 1.54) is 0 Å². The van der Waals surface area contributed by atoms with Gasteiger partial charge in [0.25, 0.3) is 0 Å². The van der Waals surface area contributed by atoms with E-state index in [0.717, 1.165) is 31.6 Å². The van der Waals surface area contributed by atoms with E-state index in [0.29, 0.717) is 19.5 Å². The van der Waals surface area contributed by atoms with E-state index >= 15 is 0 Å². The summed E-state index contributed by atoms with van der Waals surface area (Å²) in [7, 11) is 0. The lowest BCUT2D eigenvalue weighted by Gasteiger charge is -2.36.